The fourth-order valence-electron chi connectivity index (χ4n) is 3.21. The lowest BCUT2D eigenvalue weighted by Gasteiger charge is -2.23. The van der Waals surface area contributed by atoms with Crippen molar-refractivity contribution in [2.75, 3.05) is 25.9 Å². The van der Waals surface area contributed by atoms with Gasteiger partial charge in [-0.05, 0) is 39.7 Å². The van der Waals surface area contributed by atoms with Crippen LogP contribution in [0.5, 0.6) is 0 Å². The van der Waals surface area contributed by atoms with Crippen molar-refractivity contribution in [2.45, 2.75) is 52.2 Å². The number of hydrogen-bond donors (Lipinski definition) is 2. The van der Waals surface area contributed by atoms with Crippen LogP contribution in [-0.4, -0.2) is 46.0 Å². The molecule has 5 heteroatoms. The molecule has 0 aromatic carbocycles. The molecule has 1 unspecified atom stereocenters. The monoisotopic (exact) mass is 280 g/mol. The number of aromatic nitrogens is 2. The summed E-state index contributed by atoms with van der Waals surface area (Å²) >= 11 is 0. The predicted molar refractivity (Wildman–Crippen MR) is 81.6 cm³/mol. The highest BCUT2D eigenvalue weighted by atomic mass is 16.3. The van der Waals surface area contributed by atoms with E-state index < -0.39 is 6.10 Å². The van der Waals surface area contributed by atoms with Gasteiger partial charge in [0.1, 0.15) is 0 Å². The fourth-order valence-corrected chi connectivity index (χ4v) is 3.21. The second-order valence-electron chi connectivity index (χ2n) is 6.29. The molecule has 0 spiro atoms. The number of aliphatic hydroxyl groups is 1. The van der Waals surface area contributed by atoms with Crippen LogP contribution in [0.25, 0.3) is 0 Å². The van der Waals surface area contributed by atoms with Gasteiger partial charge in [0, 0.05) is 13.1 Å². The Labute approximate surface area is 121 Å². The van der Waals surface area contributed by atoms with Crippen LogP contribution in [0.3, 0.4) is 0 Å². The number of likely N-dealkylation sites (N-methyl/N-ethyl adjacent to an activating group) is 1. The van der Waals surface area contributed by atoms with E-state index >= 15 is 0 Å². The van der Waals surface area contributed by atoms with Crippen LogP contribution in [0, 0.1) is 19.8 Å². The first-order chi connectivity index (χ1) is 9.47. The summed E-state index contributed by atoms with van der Waals surface area (Å²) in [5.41, 5.74) is 8.43. The van der Waals surface area contributed by atoms with Gasteiger partial charge in [0.2, 0.25) is 0 Å². The summed E-state index contributed by atoms with van der Waals surface area (Å²) in [4.78, 5) is 2.25. The average Bonchev–Trinajstić information content (AvgIpc) is 2.95. The average molecular weight is 280 g/mol. The van der Waals surface area contributed by atoms with Crippen LogP contribution >= 0.6 is 0 Å². The van der Waals surface area contributed by atoms with Gasteiger partial charge in [0.25, 0.3) is 0 Å². The van der Waals surface area contributed by atoms with Crippen LogP contribution in [-0.2, 0) is 6.54 Å². The van der Waals surface area contributed by atoms with E-state index in [1.165, 1.54) is 25.7 Å². The molecule has 114 valence electrons. The zero-order valence-corrected chi connectivity index (χ0v) is 13.0. The molecular formula is C15H28N4O. The molecule has 1 atom stereocenters. The molecule has 0 radical (unpaired) electrons. The van der Waals surface area contributed by atoms with E-state index in [4.69, 9.17) is 5.73 Å². The third-order valence-corrected chi connectivity index (χ3v) is 4.39. The van der Waals surface area contributed by atoms with Gasteiger partial charge in [-0.2, -0.15) is 5.10 Å². The Balaban J connectivity index is 1.81. The van der Waals surface area contributed by atoms with Crippen molar-refractivity contribution in [3.63, 3.8) is 0 Å². The van der Waals surface area contributed by atoms with Crippen molar-refractivity contribution >= 4 is 5.69 Å². The van der Waals surface area contributed by atoms with E-state index in [0.29, 0.717) is 13.1 Å². The Morgan fingerprint density at radius 1 is 1.40 bits per heavy atom. The van der Waals surface area contributed by atoms with Gasteiger partial charge in [0.15, 0.2) is 0 Å². The van der Waals surface area contributed by atoms with Crippen LogP contribution in [0.4, 0.5) is 5.69 Å². The number of aryl methyl sites for hydroxylation is 1. The summed E-state index contributed by atoms with van der Waals surface area (Å²) in [7, 11) is 2.09. The Morgan fingerprint density at radius 2 is 2.05 bits per heavy atom. The Kier molecular flexibility index (Phi) is 5.05. The number of hydrogen-bond acceptors (Lipinski definition) is 4. The highest BCUT2D eigenvalue weighted by Crippen LogP contribution is 2.25. The molecule has 0 amide bonds. The number of aliphatic hydroxyl groups excluding tert-OH is 1. The van der Waals surface area contributed by atoms with E-state index in [2.05, 4.69) is 17.0 Å². The minimum Gasteiger partial charge on any atom is -0.396 e. The van der Waals surface area contributed by atoms with Crippen molar-refractivity contribution in [3.05, 3.63) is 11.4 Å². The van der Waals surface area contributed by atoms with E-state index in [9.17, 15) is 5.11 Å². The maximum absolute atomic E-state index is 10.2. The van der Waals surface area contributed by atoms with Gasteiger partial charge >= 0.3 is 0 Å². The number of nitrogen functional groups attached to an aromatic ring is 1. The molecule has 5 nitrogen and oxygen atoms in total. The summed E-state index contributed by atoms with van der Waals surface area (Å²) in [5.74, 6) is 0.816. The smallest absolute Gasteiger partial charge is 0.0862 e. The normalized spacial score (nSPS) is 18.1. The highest BCUT2D eigenvalue weighted by molar-refractivity contribution is 5.46. The Hall–Kier alpha value is -1.07. The Bertz CT molecular complexity index is 437. The van der Waals surface area contributed by atoms with Crippen molar-refractivity contribution in [1.29, 1.82) is 0 Å². The molecule has 1 aliphatic rings. The van der Waals surface area contributed by atoms with Gasteiger partial charge in [0.05, 0.1) is 29.7 Å². The molecule has 2 rings (SSSR count). The molecule has 1 fully saturated rings. The largest absolute Gasteiger partial charge is 0.396 e. The Morgan fingerprint density at radius 3 is 2.60 bits per heavy atom. The number of nitrogens with zero attached hydrogens (tertiary/aromatic N) is 3. The first-order valence-electron chi connectivity index (χ1n) is 7.63. The molecule has 0 bridgehead atoms. The molecule has 1 heterocycles. The molecule has 1 aromatic rings. The van der Waals surface area contributed by atoms with Gasteiger partial charge in [-0.25, -0.2) is 0 Å². The van der Waals surface area contributed by atoms with E-state index in [-0.39, 0.29) is 0 Å². The number of anilines is 1. The van der Waals surface area contributed by atoms with E-state index in [0.717, 1.165) is 29.5 Å². The lowest BCUT2D eigenvalue weighted by molar-refractivity contribution is 0.0991. The number of rotatable bonds is 6. The van der Waals surface area contributed by atoms with Crippen LogP contribution in [0.15, 0.2) is 0 Å². The fraction of sp³-hybridized carbons (Fsp3) is 0.800. The molecule has 1 aliphatic carbocycles. The highest BCUT2D eigenvalue weighted by Gasteiger charge is 2.19. The summed E-state index contributed by atoms with van der Waals surface area (Å²) in [6.07, 6.45) is 5.01. The lowest BCUT2D eigenvalue weighted by atomic mass is 10.1. The zero-order chi connectivity index (χ0) is 14.7. The van der Waals surface area contributed by atoms with Crippen molar-refractivity contribution in [2.24, 2.45) is 5.92 Å². The summed E-state index contributed by atoms with van der Waals surface area (Å²) in [6, 6.07) is 0. The van der Waals surface area contributed by atoms with E-state index in [1.807, 2.05) is 18.5 Å². The summed E-state index contributed by atoms with van der Waals surface area (Å²) in [5, 5.41) is 14.6. The van der Waals surface area contributed by atoms with Crippen molar-refractivity contribution in [1.82, 2.24) is 14.7 Å². The second-order valence-corrected chi connectivity index (χ2v) is 6.29. The second kappa shape index (κ2) is 6.59. The van der Waals surface area contributed by atoms with Crippen molar-refractivity contribution < 1.29 is 5.11 Å². The molecule has 20 heavy (non-hydrogen) atoms. The third kappa shape index (κ3) is 3.73. The lowest BCUT2D eigenvalue weighted by Crippen LogP contribution is -2.35. The van der Waals surface area contributed by atoms with Crippen LogP contribution < -0.4 is 5.73 Å². The van der Waals surface area contributed by atoms with Gasteiger partial charge in [-0.1, -0.05) is 12.8 Å². The third-order valence-electron chi connectivity index (χ3n) is 4.39. The SMILES string of the molecule is Cc1nn(CC(O)CN(C)CC2CCCC2)c(C)c1N. The molecule has 1 saturated carbocycles. The van der Waals surface area contributed by atoms with Gasteiger partial charge < -0.3 is 15.7 Å². The standard InChI is InChI=1S/C15H28N4O/c1-11-15(16)12(2)19(17-11)10-14(20)9-18(3)8-13-6-4-5-7-13/h13-14,20H,4-10,16H2,1-3H3. The first-order valence-corrected chi connectivity index (χ1v) is 7.63. The number of nitrogens with two attached hydrogens (primary N) is 1. The minimum absolute atomic E-state index is 0.404. The summed E-state index contributed by atoms with van der Waals surface area (Å²) < 4.78 is 1.82. The van der Waals surface area contributed by atoms with Gasteiger partial charge in [-0.3, -0.25) is 4.68 Å². The molecule has 3 N–H and O–H groups in total. The summed E-state index contributed by atoms with van der Waals surface area (Å²) in [6.45, 7) is 6.14. The molecular weight excluding hydrogens is 252 g/mol. The van der Waals surface area contributed by atoms with Crippen LogP contribution in [0.2, 0.25) is 0 Å². The van der Waals surface area contributed by atoms with Crippen LogP contribution in [0.1, 0.15) is 37.1 Å². The topological polar surface area (TPSA) is 67.3 Å². The maximum atomic E-state index is 10.2. The molecule has 0 saturated heterocycles. The molecule has 0 aliphatic heterocycles. The zero-order valence-electron chi connectivity index (χ0n) is 13.0. The van der Waals surface area contributed by atoms with Crippen molar-refractivity contribution in [3.8, 4) is 0 Å². The maximum Gasteiger partial charge on any atom is 0.0862 e. The van der Waals surface area contributed by atoms with E-state index in [1.54, 1.807) is 0 Å². The molecule has 1 aromatic heterocycles. The first kappa shape index (κ1) is 15.3. The predicted octanol–water partition coefficient (Wildman–Crippen LogP) is 1.57. The minimum atomic E-state index is -0.404. The van der Waals surface area contributed by atoms with Gasteiger partial charge in [-0.15, -0.1) is 0 Å². The quantitative estimate of drug-likeness (QED) is 0.830.